The summed E-state index contributed by atoms with van der Waals surface area (Å²) in [5, 5.41) is 3.22. The number of likely N-dealkylation sites (N-methyl/N-ethyl adjacent to an activating group) is 1. The van der Waals surface area contributed by atoms with Crippen LogP contribution in [0.5, 0.6) is 0 Å². The second kappa shape index (κ2) is 7.00. The van der Waals surface area contributed by atoms with Crippen LogP contribution in [0.4, 0.5) is 5.82 Å². The van der Waals surface area contributed by atoms with E-state index in [1.54, 1.807) is 6.20 Å². The van der Waals surface area contributed by atoms with E-state index in [1.165, 1.54) is 17.3 Å². The third-order valence-electron chi connectivity index (χ3n) is 3.53. The lowest BCUT2D eigenvalue weighted by Gasteiger charge is -2.26. The standard InChI is InChI=1S/C16H21N5O/c1-11-6-4-5-7-12(11)14(21(2)3)9-19-15-10-18-8-13(20-15)16(17)22/h4-8,10,14H,9H2,1-3H3,(H2,17,22)(H,19,20)/t14-/m1/s1. The molecule has 22 heavy (non-hydrogen) atoms. The van der Waals surface area contributed by atoms with Crippen LogP contribution in [0.3, 0.4) is 0 Å². The minimum Gasteiger partial charge on any atom is -0.367 e. The summed E-state index contributed by atoms with van der Waals surface area (Å²) in [6, 6.07) is 8.46. The summed E-state index contributed by atoms with van der Waals surface area (Å²) in [7, 11) is 4.06. The summed E-state index contributed by atoms with van der Waals surface area (Å²) in [5.74, 6) is -0.0454. The van der Waals surface area contributed by atoms with Crippen LogP contribution in [0, 0.1) is 6.92 Å². The average Bonchev–Trinajstić information content (AvgIpc) is 2.49. The zero-order chi connectivity index (χ0) is 16.1. The normalized spacial score (nSPS) is 12.2. The molecule has 2 rings (SSSR count). The Morgan fingerprint density at radius 3 is 2.68 bits per heavy atom. The number of aryl methyl sites for hydroxylation is 1. The van der Waals surface area contributed by atoms with Crippen LogP contribution in [0.2, 0.25) is 0 Å². The van der Waals surface area contributed by atoms with Crippen molar-refractivity contribution in [1.29, 1.82) is 0 Å². The van der Waals surface area contributed by atoms with Crippen molar-refractivity contribution in [1.82, 2.24) is 14.9 Å². The Hall–Kier alpha value is -2.47. The molecule has 0 aliphatic heterocycles. The van der Waals surface area contributed by atoms with Gasteiger partial charge in [0.1, 0.15) is 11.5 Å². The Balaban J connectivity index is 2.15. The maximum Gasteiger partial charge on any atom is 0.268 e. The predicted molar refractivity (Wildman–Crippen MR) is 86.6 cm³/mol. The number of aromatic nitrogens is 2. The minimum atomic E-state index is -0.584. The van der Waals surface area contributed by atoms with Crippen molar-refractivity contribution in [2.24, 2.45) is 5.73 Å². The number of amides is 1. The third kappa shape index (κ3) is 3.79. The van der Waals surface area contributed by atoms with Gasteiger partial charge >= 0.3 is 0 Å². The highest BCUT2D eigenvalue weighted by Crippen LogP contribution is 2.22. The molecule has 0 spiro atoms. The van der Waals surface area contributed by atoms with Gasteiger partial charge in [0.15, 0.2) is 0 Å². The highest BCUT2D eigenvalue weighted by Gasteiger charge is 2.16. The van der Waals surface area contributed by atoms with Gasteiger partial charge in [-0.05, 0) is 32.1 Å². The van der Waals surface area contributed by atoms with E-state index in [0.717, 1.165) is 0 Å². The topological polar surface area (TPSA) is 84.1 Å². The number of nitrogens with one attached hydrogen (secondary N) is 1. The van der Waals surface area contributed by atoms with Crippen molar-refractivity contribution in [3.05, 3.63) is 53.5 Å². The molecule has 0 aliphatic carbocycles. The second-order valence-electron chi connectivity index (χ2n) is 5.37. The van der Waals surface area contributed by atoms with Gasteiger partial charge in [-0.15, -0.1) is 0 Å². The van der Waals surface area contributed by atoms with Gasteiger partial charge in [0.2, 0.25) is 0 Å². The van der Waals surface area contributed by atoms with Crippen molar-refractivity contribution in [3.63, 3.8) is 0 Å². The van der Waals surface area contributed by atoms with Crippen LogP contribution in [0.1, 0.15) is 27.7 Å². The van der Waals surface area contributed by atoms with Crippen LogP contribution in [-0.4, -0.2) is 41.4 Å². The first-order chi connectivity index (χ1) is 10.5. The van der Waals surface area contributed by atoms with Crippen molar-refractivity contribution in [2.75, 3.05) is 26.0 Å². The third-order valence-corrected chi connectivity index (χ3v) is 3.53. The Morgan fingerprint density at radius 2 is 2.05 bits per heavy atom. The first-order valence-corrected chi connectivity index (χ1v) is 7.06. The fourth-order valence-corrected chi connectivity index (χ4v) is 2.30. The van der Waals surface area contributed by atoms with E-state index in [4.69, 9.17) is 5.73 Å². The lowest BCUT2D eigenvalue weighted by molar-refractivity contribution is 0.0995. The number of carbonyl (C=O) groups excluding carboxylic acids is 1. The summed E-state index contributed by atoms with van der Waals surface area (Å²) in [6.45, 7) is 2.74. The first-order valence-electron chi connectivity index (χ1n) is 7.06. The molecule has 0 saturated heterocycles. The SMILES string of the molecule is Cc1ccccc1[C@@H](CNc1cncc(C(N)=O)n1)N(C)C. The van der Waals surface area contributed by atoms with Crippen LogP contribution in [0.25, 0.3) is 0 Å². The van der Waals surface area contributed by atoms with Crippen molar-refractivity contribution >= 4 is 11.7 Å². The molecule has 116 valence electrons. The summed E-state index contributed by atoms with van der Waals surface area (Å²) in [6.07, 6.45) is 2.94. The number of primary amides is 1. The molecule has 0 aliphatic rings. The van der Waals surface area contributed by atoms with Gasteiger partial charge in [0.05, 0.1) is 18.4 Å². The minimum absolute atomic E-state index is 0.155. The molecule has 0 saturated carbocycles. The molecule has 2 aromatic rings. The van der Waals surface area contributed by atoms with Gasteiger partial charge in [-0.1, -0.05) is 24.3 Å². The highest BCUT2D eigenvalue weighted by molar-refractivity contribution is 5.90. The molecule has 0 unspecified atom stereocenters. The molecule has 6 heteroatoms. The molecule has 1 heterocycles. The van der Waals surface area contributed by atoms with Gasteiger partial charge in [0, 0.05) is 6.54 Å². The number of rotatable bonds is 6. The van der Waals surface area contributed by atoms with E-state index < -0.39 is 5.91 Å². The number of anilines is 1. The smallest absolute Gasteiger partial charge is 0.268 e. The number of nitrogens with two attached hydrogens (primary N) is 1. The van der Waals surface area contributed by atoms with E-state index >= 15 is 0 Å². The lowest BCUT2D eigenvalue weighted by Crippen LogP contribution is -2.28. The fourth-order valence-electron chi connectivity index (χ4n) is 2.30. The Kier molecular flexibility index (Phi) is 5.06. The summed E-state index contributed by atoms with van der Waals surface area (Å²) >= 11 is 0. The fraction of sp³-hybridized carbons (Fsp3) is 0.312. The first kappa shape index (κ1) is 15.9. The summed E-state index contributed by atoms with van der Waals surface area (Å²) in [4.78, 5) is 21.4. The maximum absolute atomic E-state index is 11.1. The molecule has 1 aromatic heterocycles. The van der Waals surface area contributed by atoms with Crippen molar-refractivity contribution in [3.8, 4) is 0 Å². The van der Waals surface area contributed by atoms with E-state index in [9.17, 15) is 4.79 Å². The van der Waals surface area contributed by atoms with Crippen LogP contribution in [0.15, 0.2) is 36.7 Å². The molecular formula is C16H21N5O. The van der Waals surface area contributed by atoms with E-state index in [0.29, 0.717) is 12.4 Å². The monoisotopic (exact) mass is 299 g/mol. The number of benzene rings is 1. The van der Waals surface area contributed by atoms with Crippen LogP contribution < -0.4 is 11.1 Å². The number of carbonyl (C=O) groups is 1. The molecule has 1 amide bonds. The van der Waals surface area contributed by atoms with Gasteiger partial charge in [-0.25, -0.2) is 4.98 Å². The molecule has 1 atom stereocenters. The van der Waals surface area contributed by atoms with Crippen LogP contribution >= 0.6 is 0 Å². The zero-order valence-corrected chi connectivity index (χ0v) is 13.1. The van der Waals surface area contributed by atoms with Crippen molar-refractivity contribution < 1.29 is 4.79 Å². The van der Waals surface area contributed by atoms with E-state index in [2.05, 4.69) is 39.2 Å². The molecule has 0 bridgehead atoms. The van der Waals surface area contributed by atoms with Gasteiger partial charge in [-0.2, -0.15) is 0 Å². The number of hydrogen-bond acceptors (Lipinski definition) is 5. The highest BCUT2D eigenvalue weighted by atomic mass is 16.1. The average molecular weight is 299 g/mol. The number of nitrogens with zero attached hydrogens (tertiary/aromatic N) is 3. The van der Waals surface area contributed by atoms with Gasteiger partial charge in [-0.3, -0.25) is 9.78 Å². The number of hydrogen-bond donors (Lipinski definition) is 2. The van der Waals surface area contributed by atoms with E-state index in [1.807, 2.05) is 26.2 Å². The predicted octanol–water partition coefficient (Wildman–Crippen LogP) is 1.60. The molecule has 1 aromatic carbocycles. The van der Waals surface area contributed by atoms with Crippen LogP contribution in [-0.2, 0) is 0 Å². The van der Waals surface area contributed by atoms with E-state index in [-0.39, 0.29) is 11.7 Å². The molecule has 3 N–H and O–H groups in total. The van der Waals surface area contributed by atoms with Gasteiger partial charge < -0.3 is 16.0 Å². The molecule has 0 radical (unpaired) electrons. The Morgan fingerprint density at radius 1 is 1.32 bits per heavy atom. The molecule has 6 nitrogen and oxygen atoms in total. The molecule has 0 fully saturated rings. The Bertz CT molecular complexity index is 656. The van der Waals surface area contributed by atoms with Gasteiger partial charge in [0.25, 0.3) is 5.91 Å². The maximum atomic E-state index is 11.1. The zero-order valence-electron chi connectivity index (χ0n) is 13.1. The summed E-state index contributed by atoms with van der Waals surface area (Å²) < 4.78 is 0. The summed E-state index contributed by atoms with van der Waals surface area (Å²) in [5.41, 5.74) is 7.86. The largest absolute Gasteiger partial charge is 0.367 e. The molecular weight excluding hydrogens is 278 g/mol. The second-order valence-corrected chi connectivity index (χ2v) is 5.37. The Labute approximate surface area is 130 Å². The van der Waals surface area contributed by atoms with Crippen molar-refractivity contribution in [2.45, 2.75) is 13.0 Å². The quantitative estimate of drug-likeness (QED) is 0.846. The lowest BCUT2D eigenvalue weighted by atomic mass is 10.0.